The maximum Gasteiger partial charge on any atom is 0.306 e. The normalized spacial score (nSPS) is 23.6. The quantitative estimate of drug-likeness (QED) is 0.820. The third-order valence-corrected chi connectivity index (χ3v) is 3.28. The summed E-state index contributed by atoms with van der Waals surface area (Å²) in [6, 6.07) is 5.39. The Labute approximate surface area is 98.3 Å². The van der Waals surface area contributed by atoms with E-state index in [1.807, 2.05) is 0 Å². The number of benzene rings is 1. The van der Waals surface area contributed by atoms with Gasteiger partial charge in [0.15, 0.2) is 5.78 Å². The molecule has 0 heterocycles. The van der Waals surface area contributed by atoms with Crippen molar-refractivity contribution >= 4 is 11.8 Å². The van der Waals surface area contributed by atoms with Crippen molar-refractivity contribution in [3.8, 4) is 0 Å². The van der Waals surface area contributed by atoms with E-state index in [4.69, 9.17) is 5.11 Å². The first-order chi connectivity index (χ1) is 8.08. The molecule has 90 valence electrons. The molecule has 4 heteroatoms. The largest absolute Gasteiger partial charge is 0.481 e. The van der Waals surface area contributed by atoms with Gasteiger partial charge in [-0.3, -0.25) is 9.59 Å². The summed E-state index contributed by atoms with van der Waals surface area (Å²) in [4.78, 5) is 22.8. The van der Waals surface area contributed by atoms with Gasteiger partial charge in [-0.1, -0.05) is 0 Å². The third kappa shape index (κ3) is 2.52. The van der Waals surface area contributed by atoms with Crippen LogP contribution in [0.5, 0.6) is 0 Å². The predicted molar refractivity (Wildman–Crippen MR) is 59.2 cm³/mol. The summed E-state index contributed by atoms with van der Waals surface area (Å²) in [5.74, 6) is -1.93. The van der Waals surface area contributed by atoms with Crippen LogP contribution in [-0.2, 0) is 4.79 Å². The summed E-state index contributed by atoms with van der Waals surface area (Å²) in [6.07, 6.45) is 1.55. The van der Waals surface area contributed by atoms with Crippen molar-refractivity contribution in [1.82, 2.24) is 0 Å². The summed E-state index contributed by atoms with van der Waals surface area (Å²) in [6.45, 7) is 0. The Morgan fingerprint density at radius 2 is 1.71 bits per heavy atom. The summed E-state index contributed by atoms with van der Waals surface area (Å²) in [5.41, 5.74) is 0.461. The highest BCUT2D eigenvalue weighted by molar-refractivity contribution is 5.98. The minimum atomic E-state index is -0.834. The molecule has 0 aromatic heterocycles. The van der Waals surface area contributed by atoms with E-state index in [0.717, 1.165) is 0 Å². The molecule has 0 radical (unpaired) electrons. The number of carboxylic acid groups (broad SMARTS) is 1. The lowest BCUT2D eigenvalue weighted by atomic mass is 9.95. The number of Topliss-reactive ketones (excluding diaryl/α,β-unsaturated/α-hetero) is 1. The third-order valence-electron chi connectivity index (χ3n) is 3.28. The fourth-order valence-electron chi connectivity index (χ4n) is 2.29. The van der Waals surface area contributed by atoms with Crippen LogP contribution in [0.15, 0.2) is 24.3 Å². The van der Waals surface area contributed by atoms with Crippen LogP contribution in [0.3, 0.4) is 0 Å². The number of hydrogen-bond donors (Lipinski definition) is 1. The van der Waals surface area contributed by atoms with Gasteiger partial charge in [0.25, 0.3) is 0 Å². The molecule has 1 aromatic rings. The van der Waals surface area contributed by atoms with E-state index in [2.05, 4.69) is 0 Å². The number of rotatable bonds is 3. The molecule has 0 unspecified atom stereocenters. The van der Waals surface area contributed by atoms with E-state index < -0.39 is 11.9 Å². The van der Waals surface area contributed by atoms with Crippen molar-refractivity contribution < 1.29 is 19.1 Å². The van der Waals surface area contributed by atoms with Gasteiger partial charge in [-0.05, 0) is 43.5 Å². The van der Waals surface area contributed by atoms with E-state index in [1.165, 1.54) is 24.3 Å². The van der Waals surface area contributed by atoms with Crippen LogP contribution in [0, 0.1) is 17.7 Å². The van der Waals surface area contributed by atoms with Gasteiger partial charge in [0.2, 0.25) is 0 Å². The molecule has 1 saturated carbocycles. The van der Waals surface area contributed by atoms with Crippen molar-refractivity contribution in [1.29, 1.82) is 0 Å². The molecule has 0 bridgehead atoms. The fourth-order valence-corrected chi connectivity index (χ4v) is 2.29. The van der Waals surface area contributed by atoms with Crippen molar-refractivity contribution in [2.75, 3.05) is 0 Å². The van der Waals surface area contributed by atoms with Crippen molar-refractivity contribution in [2.45, 2.75) is 19.3 Å². The molecule has 0 amide bonds. The van der Waals surface area contributed by atoms with Crippen LogP contribution < -0.4 is 0 Å². The molecule has 1 aliphatic carbocycles. The zero-order valence-electron chi connectivity index (χ0n) is 9.23. The van der Waals surface area contributed by atoms with Crippen LogP contribution in [-0.4, -0.2) is 16.9 Å². The van der Waals surface area contributed by atoms with Crippen LogP contribution >= 0.6 is 0 Å². The molecule has 1 N–H and O–H groups in total. The first-order valence-corrected chi connectivity index (χ1v) is 5.60. The molecule has 2 atom stereocenters. The smallest absolute Gasteiger partial charge is 0.306 e. The highest BCUT2D eigenvalue weighted by Gasteiger charge is 2.34. The summed E-state index contributed by atoms with van der Waals surface area (Å²) >= 11 is 0. The lowest BCUT2D eigenvalue weighted by molar-refractivity contribution is -0.141. The van der Waals surface area contributed by atoms with Crippen molar-refractivity contribution in [3.63, 3.8) is 0 Å². The second-order valence-corrected chi connectivity index (χ2v) is 4.42. The first-order valence-electron chi connectivity index (χ1n) is 5.60. The average Bonchev–Trinajstić information content (AvgIpc) is 2.78. The Morgan fingerprint density at radius 3 is 2.24 bits per heavy atom. The fraction of sp³-hybridized carbons (Fsp3) is 0.385. The SMILES string of the molecule is O=C(O)[C@@H]1CC[C@H](C(=O)c2ccc(F)cc2)C1. The number of ketones is 1. The molecule has 3 nitrogen and oxygen atoms in total. The van der Waals surface area contributed by atoms with Gasteiger partial charge in [-0.25, -0.2) is 4.39 Å². The molecule has 1 aliphatic rings. The Morgan fingerprint density at radius 1 is 1.12 bits per heavy atom. The van der Waals surface area contributed by atoms with Crippen LogP contribution in [0.1, 0.15) is 29.6 Å². The number of carboxylic acids is 1. The number of halogens is 1. The van der Waals surface area contributed by atoms with Gasteiger partial charge in [-0.2, -0.15) is 0 Å². The zero-order chi connectivity index (χ0) is 12.4. The van der Waals surface area contributed by atoms with Gasteiger partial charge < -0.3 is 5.11 Å². The molecule has 0 spiro atoms. The minimum absolute atomic E-state index is 0.0752. The molecule has 0 aliphatic heterocycles. The van der Waals surface area contributed by atoms with E-state index in [0.29, 0.717) is 24.8 Å². The molecule has 1 aromatic carbocycles. The van der Waals surface area contributed by atoms with Gasteiger partial charge in [0.05, 0.1) is 5.92 Å². The maximum absolute atomic E-state index is 12.7. The van der Waals surface area contributed by atoms with Gasteiger partial charge >= 0.3 is 5.97 Å². The predicted octanol–water partition coefficient (Wildman–Crippen LogP) is 2.51. The maximum atomic E-state index is 12.7. The van der Waals surface area contributed by atoms with E-state index in [9.17, 15) is 14.0 Å². The average molecular weight is 236 g/mol. The molecule has 0 saturated heterocycles. The van der Waals surface area contributed by atoms with Crippen molar-refractivity contribution in [2.24, 2.45) is 11.8 Å². The Kier molecular flexibility index (Phi) is 3.22. The monoisotopic (exact) mass is 236 g/mol. The summed E-state index contributed by atoms with van der Waals surface area (Å²) in [7, 11) is 0. The topological polar surface area (TPSA) is 54.4 Å². The van der Waals surface area contributed by atoms with Gasteiger partial charge in [-0.15, -0.1) is 0 Å². The molecule has 1 fully saturated rings. The molecular weight excluding hydrogens is 223 g/mol. The highest BCUT2D eigenvalue weighted by Crippen LogP contribution is 2.33. The standard InChI is InChI=1S/C13H13FO3/c14-11-5-3-8(4-6-11)12(15)9-1-2-10(7-9)13(16)17/h3-6,9-10H,1-2,7H2,(H,16,17)/t9-,10+/m0/s1. The second-order valence-electron chi connectivity index (χ2n) is 4.42. The van der Waals surface area contributed by atoms with Crippen LogP contribution in [0.4, 0.5) is 4.39 Å². The zero-order valence-corrected chi connectivity index (χ0v) is 9.23. The number of aliphatic carboxylic acids is 1. The lowest BCUT2D eigenvalue weighted by Crippen LogP contribution is -2.14. The molecule has 17 heavy (non-hydrogen) atoms. The van der Waals surface area contributed by atoms with Crippen molar-refractivity contribution in [3.05, 3.63) is 35.6 Å². The number of hydrogen-bond acceptors (Lipinski definition) is 2. The van der Waals surface area contributed by atoms with E-state index in [1.54, 1.807) is 0 Å². The van der Waals surface area contributed by atoms with Crippen LogP contribution in [0.2, 0.25) is 0 Å². The Hall–Kier alpha value is -1.71. The second kappa shape index (κ2) is 4.65. The molecule has 2 rings (SSSR count). The summed E-state index contributed by atoms with van der Waals surface area (Å²) < 4.78 is 12.7. The van der Waals surface area contributed by atoms with Crippen LogP contribution in [0.25, 0.3) is 0 Å². The van der Waals surface area contributed by atoms with E-state index in [-0.39, 0.29) is 17.5 Å². The summed E-state index contributed by atoms with van der Waals surface area (Å²) in [5, 5.41) is 8.86. The Balaban J connectivity index is 2.07. The van der Waals surface area contributed by atoms with Gasteiger partial charge in [0.1, 0.15) is 5.82 Å². The number of carbonyl (C=O) groups excluding carboxylic acids is 1. The first kappa shape index (κ1) is 11.8. The minimum Gasteiger partial charge on any atom is -0.481 e. The lowest BCUT2D eigenvalue weighted by Gasteiger charge is -2.08. The Bertz CT molecular complexity index is 438. The van der Waals surface area contributed by atoms with Gasteiger partial charge in [0, 0.05) is 11.5 Å². The number of carbonyl (C=O) groups is 2. The highest BCUT2D eigenvalue weighted by atomic mass is 19.1. The molecular formula is C13H13FO3. The van der Waals surface area contributed by atoms with E-state index >= 15 is 0 Å².